The highest BCUT2D eigenvalue weighted by Crippen LogP contribution is 2.26. The predicted octanol–water partition coefficient (Wildman–Crippen LogP) is 2.53. The Balaban J connectivity index is 1.59. The Bertz CT molecular complexity index is 775. The molecule has 2 aromatic rings. The van der Waals surface area contributed by atoms with Crippen molar-refractivity contribution in [3.8, 4) is 0 Å². The number of benzene rings is 1. The molecule has 2 unspecified atom stereocenters. The molecule has 1 aromatic carbocycles. The highest BCUT2D eigenvalue weighted by molar-refractivity contribution is 7.77. The molecule has 0 aliphatic carbocycles. The lowest BCUT2D eigenvalue weighted by Gasteiger charge is -2.33. The summed E-state index contributed by atoms with van der Waals surface area (Å²) in [6.45, 7) is 2.46. The lowest BCUT2D eigenvalue weighted by Crippen LogP contribution is -2.36. The number of nitrogens with two attached hydrogens (primary N) is 1. The zero-order valence-corrected chi connectivity index (χ0v) is 16.0. The summed E-state index contributed by atoms with van der Waals surface area (Å²) in [7, 11) is 0. The molecule has 9 heteroatoms. The number of hydrogen-bond donors (Lipinski definition) is 4. The number of nitrogen functional groups attached to an aromatic ring is 1. The molecule has 1 saturated heterocycles. The van der Waals surface area contributed by atoms with Crippen LogP contribution in [0.4, 0.5) is 23.1 Å². The Morgan fingerprint density at radius 2 is 2.19 bits per heavy atom. The molecule has 8 nitrogen and oxygen atoms in total. The van der Waals surface area contributed by atoms with E-state index in [0.717, 1.165) is 43.9 Å². The van der Waals surface area contributed by atoms with E-state index >= 15 is 0 Å². The summed E-state index contributed by atoms with van der Waals surface area (Å²) in [6.07, 6.45) is 5.96. The molecule has 0 saturated carbocycles. The molecule has 146 valence electrons. The van der Waals surface area contributed by atoms with Gasteiger partial charge in [0, 0.05) is 25.8 Å². The van der Waals surface area contributed by atoms with Crippen LogP contribution in [0.2, 0.25) is 0 Å². The Labute approximate surface area is 162 Å². The van der Waals surface area contributed by atoms with Crippen LogP contribution in [0, 0.1) is 5.92 Å². The zero-order valence-electron chi connectivity index (χ0n) is 15.2. The van der Waals surface area contributed by atoms with Gasteiger partial charge in [0.15, 0.2) is 0 Å². The van der Waals surface area contributed by atoms with Gasteiger partial charge in [-0.2, -0.15) is 4.98 Å². The van der Waals surface area contributed by atoms with E-state index in [9.17, 15) is 4.21 Å². The van der Waals surface area contributed by atoms with Crippen molar-refractivity contribution in [2.45, 2.75) is 25.7 Å². The maximum atomic E-state index is 10.6. The molecular formula is C18H26N6O2S. The van der Waals surface area contributed by atoms with Crippen molar-refractivity contribution >= 4 is 34.4 Å². The van der Waals surface area contributed by atoms with Gasteiger partial charge in [0.25, 0.3) is 0 Å². The summed E-state index contributed by atoms with van der Waals surface area (Å²) >= 11 is -1.92. The monoisotopic (exact) mass is 390 g/mol. The number of hydrogen-bond acceptors (Lipinski definition) is 6. The number of nitrogens with zero attached hydrogens (tertiary/aromatic N) is 3. The molecule has 0 amide bonds. The van der Waals surface area contributed by atoms with Crippen molar-refractivity contribution in [1.29, 1.82) is 0 Å². The van der Waals surface area contributed by atoms with Gasteiger partial charge in [-0.15, -0.1) is 0 Å². The summed E-state index contributed by atoms with van der Waals surface area (Å²) in [5.74, 6) is 1.99. The van der Waals surface area contributed by atoms with Gasteiger partial charge in [-0.25, -0.2) is 13.9 Å². The lowest BCUT2D eigenvalue weighted by atomic mass is 9.93. The SMILES string of the molecule is Nc1ccccc1Nc1nccc(N2CCCC(CCCNS(=O)O)C2)n1. The fraction of sp³-hybridized carbons (Fsp3) is 0.444. The summed E-state index contributed by atoms with van der Waals surface area (Å²) in [5.41, 5.74) is 7.42. The maximum absolute atomic E-state index is 10.6. The highest BCUT2D eigenvalue weighted by Gasteiger charge is 2.21. The van der Waals surface area contributed by atoms with Gasteiger partial charge in [0.1, 0.15) is 5.82 Å². The van der Waals surface area contributed by atoms with Crippen molar-refractivity contribution in [2.24, 2.45) is 5.92 Å². The molecule has 3 rings (SSSR count). The minimum Gasteiger partial charge on any atom is -0.397 e. The van der Waals surface area contributed by atoms with Crippen LogP contribution < -0.4 is 20.7 Å². The van der Waals surface area contributed by atoms with Crippen molar-refractivity contribution in [3.63, 3.8) is 0 Å². The van der Waals surface area contributed by atoms with Crippen LogP contribution in [0.5, 0.6) is 0 Å². The van der Waals surface area contributed by atoms with E-state index in [-0.39, 0.29) is 0 Å². The number of para-hydroxylation sites is 2. The summed E-state index contributed by atoms with van der Waals surface area (Å²) in [5, 5.41) is 3.18. The molecule has 27 heavy (non-hydrogen) atoms. The third-order valence-corrected chi connectivity index (χ3v) is 5.16. The van der Waals surface area contributed by atoms with Crippen LogP contribution in [-0.2, 0) is 11.3 Å². The van der Waals surface area contributed by atoms with Crippen LogP contribution in [0.3, 0.4) is 0 Å². The topological polar surface area (TPSA) is 116 Å². The third kappa shape index (κ3) is 5.88. The summed E-state index contributed by atoms with van der Waals surface area (Å²) in [4.78, 5) is 11.2. The van der Waals surface area contributed by atoms with Gasteiger partial charge in [-0.05, 0) is 49.8 Å². The average Bonchev–Trinajstić information content (AvgIpc) is 2.67. The first kappa shape index (κ1) is 19.5. The quantitative estimate of drug-likeness (QED) is 0.311. The molecule has 5 N–H and O–H groups in total. The molecule has 0 bridgehead atoms. The van der Waals surface area contributed by atoms with E-state index in [4.69, 9.17) is 10.3 Å². The fourth-order valence-electron chi connectivity index (χ4n) is 3.38. The summed E-state index contributed by atoms with van der Waals surface area (Å²) < 4.78 is 21.9. The lowest BCUT2D eigenvalue weighted by molar-refractivity contribution is 0.381. The second kappa shape index (κ2) is 9.63. The Morgan fingerprint density at radius 1 is 1.33 bits per heavy atom. The molecule has 1 aliphatic heterocycles. The smallest absolute Gasteiger partial charge is 0.231 e. The van der Waals surface area contributed by atoms with Gasteiger partial charge in [-0.1, -0.05) is 12.1 Å². The molecule has 2 atom stereocenters. The number of piperidine rings is 1. The summed E-state index contributed by atoms with van der Waals surface area (Å²) in [6, 6.07) is 9.47. The van der Waals surface area contributed by atoms with Gasteiger partial charge in [0.2, 0.25) is 17.2 Å². The van der Waals surface area contributed by atoms with E-state index in [1.165, 1.54) is 6.42 Å². The molecule has 1 aliphatic rings. The number of rotatable bonds is 8. The second-order valence-corrected chi connectivity index (χ2v) is 7.48. The zero-order chi connectivity index (χ0) is 19.1. The Hall–Kier alpha value is -2.23. The van der Waals surface area contributed by atoms with E-state index < -0.39 is 11.3 Å². The van der Waals surface area contributed by atoms with Gasteiger partial charge in [0.05, 0.1) is 11.4 Å². The molecule has 0 radical (unpaired) electrons. The van der Waals surface area contributed by atoms with Crippen LogP contribution in [0.1, 0.15) is 25.7 Å². The molecule has 1 aromatic heterocycles. The first-order chi connectivity index (χ1) is 13.1. The van der Waals surface area contributed by atoms with E-state index in [0.29, 0.717) is 24.1 Å². The Morgan fingerprint density at radius 3 is 3.00 bits per heavy atom. The largest absolute Gasteiger partial charge is 0.397 e. The number of anilines is 4. The van der Waals surface area contributed by atoms with Crippen molar-refractivity contribution in [2.75, 3.05) is 35.6 Å². The standard InChI is InChI=1S/C18H26N6O2S/c19-15-7-1-2-8-16(15)22-18-20-11-9-17(23-18)24-12-4-6-14(13-24)5-3-10-21-27(25)26/h1-2,7-9,11,14,21H,3-6,10,12-13,19H2,(H,25,26)(H,20,22,23). The average molecular weight is 391 g/mol. The van der Waals surface area contributed by atoms with Crippen molar-refractivity contribution in [1.82, 2.24) is 14.7 Å². The van der Waals surface area contributed by atoms with E-state index in [2.05, 4.69) is 24.9 Å². The van der Waals surface area contributed by atoms with Crippen LogP contribution >= 0.6 is 0 Å². The first-order valence-corrected chi connectivity index (χ1v) is 10.3. The predicted molar refractivity (Wildman–Crippen MR) is 109 cm³/mol. The van der Waals surface area contributed by atoms with Crippen LogP contribution in [0.15, 0.2) is 36.5 Å². The maximum Gasteiger partial charge on any atom is 0.231 e. The number of aromatic nitrogens is 2. The molecular weight excluding hydrogens is 364 g/mol. The van der Waals surface area contributed by atoms with Crippen molar-refractivity contribution < 1.29 is 8.76 Å². The first-order valence-electron chi connectivity index (χ1n) is 9.15. The highest BCUT2D eigenvalue weighted by atomic mass is 32.2. The Kier molecular flexibility index (Phi) is 6.97. The van der Waals surface area contributed by atoms with Crippen LogP contribution in [0.25, 0.3) is 0 Å². The minimum atomic E-state index is -1.92. The van der Waals surface area contributed by atoms with Gasteiger partial charge in [-0.3, -0.25) is 4.55 Å². The molecule has 1 fully saturated rings. The molecule has 0 spiro atoms. The van der Waals surface area contributed by atoms with E-state index in [1.807, 2.05) is 30.3 Å². The second-order valence-electron chi connectivity index (χ2n) is 6.69. The van der Waals surface area contributed by atoms with Crippen molar-refractivity contribution in [3.05, 3.63) is 36.5 Å². The minimum absolute atomic E-state index is 0.530. The number of nitrogens with one attached hydrogen (secondary N) is 2. The molecule has 2 heterocycles. The van der Waals surface area contributed by atoms with E-state index in [1.54, 1.807) is 6.20 Å². The normalized spacial score (nSPS) is 18.3. The van der Waals surface area contributed by atoms with Gasteiger partial charge >= 0.3 is 0 Å². The van der Waals surface area contributed by atoms with Gasteiger partial charge < -0.3 is 16.0 Å². The van der Waals surface area contributed by atoms with Crippen LogP contribution in [-0.4, -0.2) is 38.4 Å². The third-order valence-electron chi connectivity index (χ3n) is 4.71. The fourth-order valence-corrected chi connectivity index (χ4v) is 3.69.